The van der Waals surface area contributed by atoms with Gasteiger partial charge in [0.25, 0.3) is 0 Å². The second-order valence-corrected chi connectivity index (χ2v) is 5.56. The van der Waals surface area contributed by atoms with Crippen LogP contribution in [0.25, 0.3) is 0 Å². The minimum absolute atomic E-state index is 0.0694. The van der Waals surface area contributed by atoms with E-state index < -0.39 is 5.97 Å². The van der Waals surface area contributed by atoms with Crippen molar-refractivity contribution in [3.63, 3.8) is 0 Å². The predicted octanol–water partition coefficient (Wildman–Crippen LogP) is 3.21. The van der Waals surface area contributed by atoms with E-state index in [1.54, 1.807) is 25.2 Å². The average Bonchev–Trinajstić information content (AvgIpc) is 2.74. The van der Waals surface area contributed by atoms with E-state index in [4.69, 9.17) is 16.7 Å². The second kappa shape index (κ2) is 5.34. The molecule has 6 heteroatoms. The fraction of sp³-hybridized carbons (Fsp3) is 0.0769. The molecule has 2 rings (SSSR count). The van der Waals surface area contributed by atoms with Gasteiger partial charge in [0.05, 0.1) is 5.02 Å². The standard InChI is InChI=1S/C13H9ClINO3/c1-16-6-8(5-11(16)13(18)19)12(17)7-2-3-10(15)9(14)4-7/h2-6H,1H3,(H,18,19). The summed E-state index contributed by atoms with van der Waals surface area (Å²) in [5.41, 5.74) is 0.838. The lowest BCUT2D eigenvalue weighted by Gasteiger charge is -2.01. The maximum absolute atomic E-state index is 12.2. The van der Waals surface area contributed by atoms with Crippen molar-refractivity contribution < 1.29 is 14.7 Å². The van der Waals surface area contributed by atoms with Crippen molar-refractivity contribution in [3.05, 3.63) is 55.9 Å². The summed E-state index contributed by atoms with van der Waals surface area (Å²) < 4.78 is 2.26. The fourth-order valence-electron chi connectivity index (χ4n) is 1.71. The smallest absolute Gasteiger partial charge is 0.352 e. The van der Waals surface area contributed by atoms with Crippen LogP contribution < -0.4 is 0 Å². The molecule has 0 spiro atoms. The Labute approximate surface area is 128 Å². The molecule has 98 valence electrons. The van der Waals surface area contributed by atoms with Crippen LogP contribution in [0.3, 0.4) is 0 Å². The molecule has 1 aromatic heterocycles. The molecule has 0 aliphatic rings. The monoisotopic (exact) mass is 389 g/mol. The summed E-state index contributed by atoms with van der Waals surface area (Å²) in [6, 6.07) is 6.36. The molecule has 4 nitrogen and oxygen atoms in total. The molecule has 1 heterocycles. The van der Waals surface area contributed by atoms with Gasteiger partial charge < -0.3 is 9.67 Å². The van der Waals surface area contributed by atoms with Gasteiger partial charge >= 0.3 is 5.97 Å². The van der Waals surface area contributed by atoms with E-state index in [2.05, 4.69) is 22.6 Å². The van der Waals surface area contributed by atoms with Gasteiger partial charge in [0.2, 0.25) is 0 Å². The zero-order valence-corrected chi connectivity index (χ0v) is 12.8. The van der Waals surface area contributed by atoms with Crippen LogP contribution in [-0.2, 0) is 7.05 Å². The summed E-state index contributed by atoms with van der Waals surface area (Å²) in [5, 5.41) is 9.46. The highest BCUT2D eigenvalue weighted by Crippen LogP contribution is 2.22. The van der Waals surface area contributed by atoms with Gasteiger partial charge in [-0.2, -0.15) is 0 Å². The first-order valence-electron chi connectivity index (χ1n) is 5.29. The Morgan fingerprint density at radius 1 is 1.26 bits per heavy atom. The van der Waals surface area contributed by atoms with Crippen LogP contribution >= 0.6 is 34.2 Å². The Kier molecular flexibility index (Phi) is 3.96. The SMILES string of the molecule is Cn1cc(C(=O)c2ccc(I)c(Cl)c2)cc1C(=O)O. The maximum atomic E-state index is 12.2. The first kappa shape index (κ1) is 14.1. The van der Waals surface area contributed by atoms with Gasteiger partial charge in [-0.1, -0.05) is 11.6 Å². The molecular weight excluding hydrogens is 381 g/mol. The van der Waals surface area contributed by atoms with Crippen molar-refractivity contribution in [2.24, 2.45) is 7.05 Å². The summed E-state index contributed by atoms with van der Waals surface area (Å²) in [6.07, 6.45) is 1.50. The lowest BCUT2D eigenvalue weighted by atomic mass is 10.1. The number of hydrogen-bond acceptors (Lipinski definition) is 2. The summed E-state index contributed by atoms with van der Waals surface area (Å²) >= 11 is 8.05. The lowest BCUT2D eigenvalue weighted by molar-refractivity contribution is 0.0686. The van der Waals surface area contributed by atoms with Crippen LogP contribution in [0.1, 0.15) is 26.4 Å². The maximum Gasteiger partial charge on any atom is 0.352 e. The number of halogens is 2. The Morgan fingerprint density at radius 2 is 1.95 bits per heavy atom. The predicted molar refractivity (Wildman–Crippen MR) is 80.0 cm³/mol. The zero-order valence-electron chi connectivity index (χ0n) is 9.85. The molecule has 1 N–H and O–H groups in total. The number of aromatic carboxylic acids is 1. The highest BCUT2D eigenvalue weighted by atomic mass is 127. The average molecular weight is 390 g/mol. The number of rotatable bonds is 3. The van der Waals surface area contributed by atoms with E-state index >= 15 is 0 Å². The largest absolute Gasteiger partial charge is 0.477 e. The molecule has 0 unspecified atom stereocenters. The molecule has 0 aliphatic heterocycles. The molecule has 0 bridgehead atoms. The number of carbonyl (C=O) groups is 2. The van der Waals surface area contributed by atoms with Crippen LogP contribution in [0.5, 0.6) is 0 Å². The number of hydrogen-bond donors (Lipinski definition) is 1. The van der Waals surface area contributed by atoms with Gasteiger partial charge in [-0.3, -0.25) is 4.79 Å². The fourth-order valence-corrected chi connectivity index (χ4v) is 2.22. The second-order valence-electron chi connectivity index (χ2n) is 3.99. The van der Waals surface area contributed by atoms with Crippen LogP contribution in [0, 0.1) is 3.57 Å². The number of aromatic nitrogens is 1. The van der Waals surface area contributed by atoms with Crippen LogP contribution in [-0.4, -0.2) is 21.4 Å². The quantitative estimate of drug-likeness (QED) is 0.648. The van der Waals surface area contributed by atoms with E-state index in [0.717, 1.165) is 3.57 Å². The number of aryl methyl sites for hydroxylation is 1. The Bertz CT molecular complexity index is 679. The number of carboxylic acids is 1. The molecular formula is C13H9ClINO3. The van der Waals surface area contributed by atoms with E-state index in [0.29, 0.717) is 16.1 Å². The Morgan fingerprint density at radius 3 is 2.47 bits per heavy atom. The third-order valence-electron chi connectivity index (χ3n) is 2.67. The lowest BCUT2D eigenvalue weighted by Crippen LogP contribution is -2.02. The van der Waals surface area contributed by atoms with E-state index in [9.17, 15) is 9.59 Å². The summed E-state index contributed by atoms with van der Waals surface area (Å²) in [5.74, 6) is -1.32. The minimum atomic E-state index is -1.07. The van der Waals surface area contributed by atoms with Crippen molar-refractivity contribution in [1.29, 1.82) is 0 Å². The molecule has 0 aliphatic carbocycles. The third-order valence-corrected chi connectivity index (χ3v) is 4.24. The van der Waals surface area contributed by atoms with Gasteiger partial charge in [0, 0.05) is 27.9 Å². The van der Waals surface area contributed by atoms with Crippen LogP contribution in [0.4, 0.5) is 0 Å². The molecule has 1 aromatic carbocycles. The van der Waals surface area contributed by atoms with E-state index in [-0.39, 0.29) is 11.5 Å². The van der Waals surface area contributed by atoms with Gasteiger partial charge in [-0.05, 0) is 46.9 Å². The minimum Gasteiger partial charge on any atom is -0.477 e. The van der Waals surface area contributed by atoms with Gasteiger partial charge in [-0.25, -0.2) is 4.79 Å². The number of nitrogens with zero attached hydrogens (tertiary/aromatic N) is 1. The Hall–Kier alpha value is -1.34. The van der Waals surface area contributed by atoms with Crippen LogP contribution in [0.2, 0.25) is 5.02 Å². The first-order chi connectivity index (χ1) is 8.90. The van der Waals surface area contributed by atoms with Gasteiger partial charge in [0.15, 0.2) is 5.78 Å². The van der Waals surface area contributed by atoms with Crippen LogP contribution in [0.15, 0.2) is 30.5 Å². The van der Waals surface area contributed by atoms with Gasteiger partial charge in [0.1, 0.15) is 5.69 Å². The summed E-state index contributed by atoms with van der Waals surface area (Å²) in [4.78, 5) is 23.2. The summed E-state index contributed by atoms with van der Waals surface area (Å²) in [7, 11) is 1.58. The summed E-state index contributed by atoms with van der Waals surface area (Å²) in [6.45, 7) is 0. The highest BCUT2D eigenvalue weighted by molar-refractivity contribution is 14.1. The zero-order chi connectivity index (χ0) is 14.2. The molecule has 0 saturated heterocycles. The van der Waals surface area contributed by atoms with Crippen molar-refractivity contribution in [1.82, 2.24) is 4.57 Å². The van der Waals surface area contributed by atoms with Crippen molar-refractivity contribution in [3.8, 4) is 0 Å². The molecule has 0 amide bonds. The number of ketones is 1. The third kappa shape index (κ3) is 2.82. The first-order valence-corrected chi connectivity index (χ1v) is 6.75. The topological polar surface area (TPSA) is 59.3 Å². The number of carbonyl (C=O) groups excluding carboxylic acids is 1. The normalized spacial score (nSPS) is 10.5. The van der Waals surface area contributed by atoms with E-state index in [1.807, 2.05) is 0 Å². The van der Waals surface area contributed by atoms with Crippen molar-refractivity contribution in [2.75, 3.05) is 0 Å². The molecule has 0 radical (unpaired) electrons. The van der Waals surface area contributed by atoms with Gasteiger partial charge in [-0.15, -0.1) is 0 Å². The molecule has 2 aromatic rings. The highest BCUT2D eigenvalue weighted by Gasteiger charge is 2.16. The van der Waals surface area contributed by atoms with Crippen molar-refractivity contribution in [2.45, 2.75) is 0 Å². The Balaban J connectivity index is 2.41. The van der Waals surface area contributed by atoms with E-state index in [1.165, 1.54) is 16.8 Å². The van der Waals surface area contributed by atoms with Crippen molar-refractivity contribution >= 4 is 45.9 Å². The molecule has 19 heavy (non-hydrogen) atoms. The number of carboxylic acid groups (broad SMARTS) is 1. The number of benzene rings is 1. The molecule has 0 fully saturated rings. The molecule has 0 atom stereocenters. The molecule has 0 saturated carbocycles.